The average Bonchev–Trinajstić information content (AvgIpc) is 2.90. The molecule has 0 aliphatic heterocycles. The summed E-state index contributed by atoms with van der Waals surface area (Å²) in [5, 5.41) is 3.54. The van der Waals surface area contributed by atoms with Gasteiger partial charge in [0.2, 0.25) is 0 Å². The molecule has 0 spiro atoms. The first-order chi connectivity index (χ1) is 11.0. The van der Waals surface area contributed by atoms with Crippen LogP contribution in [0.4, 0.5) is 5.00 Å². The summed E-state index contributed by atoms with van der Waals surface area (Å²) < 4.78 is 5.22. The van der Waals surface area contributed by atoms with Gasteiger partial charge in [-0.2, -0.15) is 0 Å². The fourth-order valence-electron chi connectivity index (χ4n) is 2.84. The topological polar surface area (TPSA) is 55.4 Å². The normalized spacial score (nSPS) is 17.6. The van der Waals surface area contributed by atoms with Crippen molar-refractivity contribution in [3.63, 3.8) is 0 Å². The van der Waals surface area contributed by atoms with Crippen LogP contribution >= 0.6 is 11.3 Å². The van der Waals surface area contributed by atoms with E-state index in [-0.39, 0.29) is 11.9 Å². The first-order valence-electron chi connectivity index (χ1n) is 8.27. The zero-order valence-electron chi connectivity index (χ0n) is 14.3. The molecule has 1 aliphatic rings. The first-order valence-corrected chi connectivity index (χ1v) is 9.09. The number of hydrogen-bond donors (Lipinski definition) is 1. The summed E-state index contributed by atoms with van der Waals surface area (Å²) in [5.41, 5.74) is 2.28. The molecule has 0 aromatic carbocycles. The molecule has 0 bridgehead atoms. The van der Waals surface area contributed by atoms with Gasteiger partial charge >= 0.3 is 5.97 Å². The number of carbonyl (C=O) groups is 2. The van der Waals surface area contributed by atoms with Gasteiger partial charge in [0.05, 0.1) is 12.2 Å². The van der Waals surface area contributed by atoms with Crippen LogP contribution in [0.2, 0.25) is 0 Å². The van der Waals surface area contributed by atoms with Crippen molar-refractivity contribution in [1.29, 1.82) is 0 Å². The number of anilines is 1. The highest BCUT2D eigenvalue weighted by atomic mass is 32.1. The molecule has 126 valence electrons. The van der Waals surface area contributed by atoms with Crippen LogP contribution in [0, 0.1) is 5.92 Å². The average molecular weight is 335 g/mol. The van der Waals surface area contributed by atoms with Crippen LogP contribution in [0.5, 0.6) is 0 Å². The third-order valence-corrected chi connectivity index (χ3v) is 5.61. The van der Waals surface area contributed by atoms with Crippen LogP contribution in [-0.2, 0) is 22.4 Å². The van der Waals surface area contributed by atoms with Gasteiger partial charge in [0, 0.05) is 10.5 Å². The fourth-order valence-corrected chi connectivity index (χ4v) is 4.19. The Hall–Kier alpha value is -1.62. The molecule has 4 nitrogen and oxygen atoms in total. The highest BCUT2D eigenvalue weighted by molar-refractivity contribution is 7.17. The van der Waals surface area contributed by atoms with E-state index >= 15 is 0 Å². The second-order valence-electron chi connectivity index (χ2n) is 5.87. The summed E-state index contributed by atoms with van der Waals surface area (Å²) in [7, 11) is 0. The number of rotatable bonds is 5. The molecule has 1 N–H and O–H groups in total. The van der Waals surface area contributed by atoms with Crippen LogP contribution in [0.25, 0.3) is 0 Å². The maximum absolute atomic E-state index is 12.4. The van der Waals surface area contributed by atoms with E-state index in [4.69, 9.17) is 4.74 Å². The van der Waals surface area contributed by atoms with Gasteiger partial charge in [-0.05, 0) is 51.5 Å². The molecule has 1 aromatic rings. The van der Waals surface area contributed by atoms with E-state index in [0.717, 1.165) is 31.2 Å². The molecule has 0 saturated carbocycles. The number of fused-ring (bicyclic) bond motifs is 1. The van der Waals surface area contributed by atoms with Gasteiger partial charge in [-0.25, -0.2) is 4.79 Å². The Balaban J connectivity index is 2.38. The molecule has 0 fully saturated rings. The van der Waals surface area contributed by atoms with Crippen molar-refractivity contribution < 1.29 is 14.3 Å². The lowest BCUT2D eigenvalue weighted by Crippen LogP contribution is -2.17. The molecule has 1 amide bonds. The number of amides is 1. The number of allylic oxidation sites excluding steroid dienone is 1. The Kier molecular flexibility index (Phi) is 5.99. The van der Waals surface area contributed by atoms with Crippen LogP contribution < -0.4 is 5.32 Å². The van der Waals surface area contributed by atoms with Crippen LogP contribution in [-0.4, -0.2) is 18.5 Å². The van der Waals surface area contributed by atoms with Crippen molar-refractivity contribution in [3.05, 3.63) is 27.7 Å². The molecule has 0 radical (unpaired) electrons. The van der Waals surface area contributed by atoms with Crippen molar-refractivity contribution in [1.82, 2.24) is 0 Å². The van der Waals surface area contributed by atoms with Crippen molar-refractivity contribution in [2.45, 2.75) is 53.4 Å². The highest BCUT2D eigenvalue weighted by Crippen LogP contribution is 2.40. The molecule has 0 unspecified atom stereocenters. The fraction of sp³-hybridized carbons (Fsp3) is 0.556. The molecule has 5 heteroatoms. The minimum absolute atomic E-state index is 0.163. The van der Waals surface area contributed by atoms with Gasteiger partial charge < -0.3 is 10.1 Å². The second kappa shape index (κ2) is 7.77. The molecule has 1 heterocycles. The Morgan fingerprint density at radius 2 is 2.13 bits per heavy atom. The highest BCUT2D eigenvalue weighted by Gasteiger charge is 2.29. The van der Waals surface area contributed by atoms with E-state index in [2.05, 4.69) is 12.2 Å². The van der Waals surface area contributed by atoms with Crippen LogP contribution in [0.1, 0.15) is 61.3 Å². The Morgan fingerprint density at radius 1 is 1.39 bits per heavy atom. The lowest BCUT2D eigenvalue weighted by atomic mass is 9.85. The third-order valence-electron chi connectivity index (χ3n) is 4.44. The lowest BCUT2D eigenvalue weighted by molar-refractivity contribution is -0.112. The minimum Gasteiger partial charge on any atom is -0.462 e. The summed E-state index contributed by atoms with van der Waals surface area (Å²) in [6.45, 7) is 7.93. The number of hydrogen-bond acceptors (Lipinski definition) is 4. The van der Waals surface area contributed by atoms with Crippen molar-refractivity contribution >= 4 is 28.2 Å². The van der Waals surface area contributed by atoms with E-state index < -0.39 is 0 Å². The van der Waals surface area contributed by atoms with Crippen molar-refractivity contribution in [2.75, 3.05) is 11.9 Å². The SMILES string of the molecule is C/C=C(\C)C(=O)Nc1sc2c(c1C(=O)OCC)CC[C@H](CC)C2. The monoisotopic (exact) mass is 335 g/mol. The van der Waals surface area contributed by atoms with Gasteiger partial charge in [-0.3, -0.25) is 4.79 Å². The lowest BCUT2D eigenvalue weighted by Gasteiger charge is -2.20. The van der Waals surface area contributed by atoms with Crippen LogP contribution in [0.15, 0.2) is 11.6 Å². The van der Waals surface area contributed by atoms with Gasteiger partial charge in [0.25, 0.3) is 5.91 Å². The van der Waals surface area contributed by atoms with E-state index in [1.54, 1.807) is 19.9 Å². The number of nitrogens with one attached hydrogen (secondary N) is 1. The summed E-state index contributed by atoms with van der Waals surface area (Å²) in [6.07, 6.45) is 5.87. The number of thiophene rings is 1. The standard InChI is InChI=1S/C18H25NO3S/c1-5-11(4)16(20)19-17-15(18(21)22-7-3)13-9-8-12(6-2)10-14(13)23-17/h5,12H,6-10H2,1-4H3,(H,19,20)/b11-5+/t12-/m0/s1. The Labute approximate surface area is 141 Å². The number of esters is 1. The molecule has 1 aliphatic carbocycles. The molecule has 1 atom stereocenters. The summed E-state index contributed by atoms with van der Waals surface area (Å²) in [4.78, 5) is 25.8. The smallest absolute Gasteiger partial charge is 0.341 e. The van der Waals surface area contributed by atoms with Gasteiger partial charge in [0.15, 0.2) is 0 Å². The predicted octanol–water partition coefficient (Wildman–Crippen LogP) is 4.34. The second-order valence-corrected chi connectivity index (χ2v) is 6.98. The molecule has 2 rings (SSSR count). The molecular weight excluding hydrogens is 310 g/mol. The molecule has 0 saturated heterocycles. The zero-order chi connectivity index (χ0) is 17.0. The van der Waals surface area contributed by atoms with Crippen molar-refractivity contribution in [3.8, 4) is 0 Å². The van der Waals surface area contributed by atoms with Gasteiger partial charge in [-0.1, -0.05) is 19.4 Å². The van der Waals surface area contributed by atoms with E-state index in [9.17, 15) is 9.59 Å². The summed E-state index contributed by atoms with van der Waals surface area (Å²) >= 11 is 1.53. The third kappa shape index (κ3) is 3.83. The Bertz CT molecular complexity index is 630. The minimum atomic E-state index is -0.326. The number of ether oxygens (including phenoxy) is 1. The molecule has 1 aromatic heterocycles. The summed E-state index contributed by atoms with van der Waals surface area (Å²) in [5.74, 6) is 0.175. The van der Waals surface area contributed by atoms with E-state index in [1.165, 1.54) is 16.2 Å². The van der Waals surface area contributed by atoms with Gasteiger partial charge in [-0.15, -0.1) is 11.3 Å². The zero-order valence-corrected chi connectivity index (χ0v) is 15.1. The molecule has 23 heavy (non-hydrogen) atoms. The Morgan fingerprint density at radius 3 is 2.74 bits per heavy atom. The quantitative estimate of drug-likeness (QED) is 0.643. The number of carbonyl (C=O) groups excluding carboxylic acids is 2. The molecular formula is C18H25NO3S. The van der Waals surface area contributed by atoms with Gasteiger partial charge in [0.1, 0.15) is 5.00 Å². The maximum atomic E-state index is 12.4. The maximum Gasteiger partial charge on any atom is 0.341 e. The first kappa shape index (κ1) is 17.7. The van der Waals surface area contributed by atoms with Crippen LogP contribution in [0.3, 0.4) is 0 Å². The van der Waals surface area contributed by atoms with Crippen molar-refractivity contribution in [2.24, 2.45) is 5.92 Å². The summed E-state index contributed by atoms with van der Waals surface area (Å²) in [6, 6.07) is 0. The predicted molar refractivity (Wildman–Crippen MR) is 94.1 cm³/mol. The largest absolute Gasteiger partial charge is 0.462 e. The van der Waals surface area contributed by atoms with E-state index in [0.29, 0.717) is 28.7 Å². The van der Waals surface area contributed by atoms with E-state index in [1.807, 2.05) is 6.92 Å².